The Morgan fingerprint density at radius 1 is 0.966 bits per heavy atom. The first-order valence-electron chi connectivity index (χ1n) is 8.75. The van der Waals surface area contributed by atoms with Crippen LogP contribution >= 0.6 is 11.3 Å². The molecule has 4 N–H and O–H groups in total. The number of hydrogen-bond acceptors (Lipinski definition) is 5. The molecule has 2 aromatic heterocycles. The van der Waals surface area contributed by atoms with E-state index in [1.807, 2.05) is 31.2 Å². The Morgan fingerprint density at radius 3 is 2.48 bits per heavy atom. The van der Waals surface area contributed by atoms with Crippen molar-refractivity contribution in [3.8, 4) is 0 Å². The molecule has 0 atom stereocenters. The quantitative estimate of drug-likeness (QED) is 0.413. The van der Waals surface area contributed by atoms with Crippen LogP contribution in [0.15, 0.2) is 52.1 Å². The van der Waals surface area contributed by atoms with Gasteiger partial charge >= 0.3 is 0 Å². The number of rotatable bonds is 4. The molecule has 2 aromatic carbocycles. The molecule has 0 aliphatic heterocycles. The first-order chi connectivity index (χ1) is 14.0. The molecule has 29 heavy (non-hydrogen) atoms. The lowest BCUT2D eigenvalue weighted by Gasteiger charge is -2.08. The van der Waals surface area contributed by atoms with Crippen molar-refractivity contribution in [3.05, 3.63) is 73.6 Å². The summed E-state index contributed by atoms with van der Waals surface area (Å²) < 4.78 is 1.000. The van der Waals surface area contributed by atoms with Gasteiger partial charge in [0.2, 0.25) is 5.91 Å². The van der Waals surface area contributed by atoms with Crippen LogP contribution in [0.3, 0.4) is 0 Å². The Kier molecular flexibility index (Phi) is 4.73. The third-order valence-electron chi connectivity index (χ3n) is 4.56. The van der Waals surface area contributed by atoms with Crippen LogP contribution in [-0.2, 0) is 4.79 Å². The van der Waals surface area contributed by atoms with Gasteiger partial charge in [-0.1, -0.05) is 24.3 Å². The van der Waals surface area contributed by atoms with E-state index in [0.717, 1.165) is 15.6 Å². The number of aromatic amines is 2. The number of H-pyrrole nitrogens is 2. The zero-order valence-corrected chi connectivity index (χ0v) is 16.1. The molecule has 9 heteroatoms. The summed E-state index contributed by atoms with van der Waals surface area (Å²) in [5, 5.41) is 10.9. The number of benzene rings is 2. The Morgan fingerprint density at radius 2 is 1.69 bits per heavy atom. The SMILES string of the molecule is Cc1c(C(=O)NCC(=O)Nc2cccc3c(=O)[nH][nH]c(=O)c23)sc2ccccc12. The standard InChI is InChI=1S/C20H16N4O4S/c1-10-11-5-2-3-8-14(11)29-17(10)20(28)21-9-15(25)22-13-7-4-6-12-16(13)19(27)24-23-18(12)26/h2-8H,9H2,1H3,(H,21,28)(H,22,25)(H,23,26)(H,24,27). The molecular formula is C20H16N4O4S. The Balaban J connectivity index is 1.51. The molecule has 0 bridgehead atoms. The molecule has 0 saturated heterocycles. The van der Waals surface area contributed by atoms with E-state index < -0.39 is 17.0 Å². The number of amides is 2. The van der Waals surface area contributed by atoms with Crippen LogP contribution in [0.4, 0.5) is 5.69 Å². The van der Waals surface area contributed by atoms with Gasteiger partial charge < -0.3 is 10.6 Å². The van der Waals surface area contributed by atoms with Crippen molar-refractivity contribution >= 4 is 49.7 Å². The van der Waals surface area contributed by atoms with E-state index >= 15 is 0 Å². The molecule has 0 aliphatic rings. The number of nitrogens with one attached hydrogen (secondary N) is 4. The van der Waals surface area contributed by atoms with E-state index in [9.17, 15) is 19.2 Å². The largest absolute Gasteiger partial charge is 0.342 e. The lowest BCUT2D eigenvalue weighted by Crippen LogP contribution is -2.33. The van der Waals surface area contributed by atoms with Gasteiger partial charge in [-0.15, -0.1) is 11.3 Å². The lowest BCUT2D eigenvalue weighted by atomic mass is 10.1. The van der Waals surface area contributed by atoms with Crippen LogP contribution in [0.2, 0.25) is 0 Å². The average Bonchev–Trinajstić information content (AvgIpc) is 3.06. The van der Waals surface area contributed by atoms with Gasteiger partial charge in [-0.05, 0) is 36.1 Å². The van der Waals surface area contributed by atoms with Gasteiger partial charge in [0.25, 0.3) is 17.0 Å². The summed E-state index contributed by atoms with van der Waals surface area (Å²) in [6, 6.07) is 12.3. The van der Waals surface area contributed by atoms with E-state index in [1.165, 1.54) is 23.5 Å². The normalized spacial score (nSPS) is 10.9. The number of carbonyl (C=O) groups excluding carboxylic acids is 2. The highest BCUT2D eigenvalue weighted by atomic mass is 32.1. The summed E-state index contributed by atoms with van der Waals surface area (Å²) in [6.45, 7) is 1.59. The second-order valence-electron chi connectivity index (χ2n) is 6.42. The molecule has 4 rings (SSSR count). The third kappa shape index (κ3) is 3.43. The van der Waals surface area contributed by atoms with Gasteiger partial charge in [0.1, 0.15) is 0 Å². The Bertz CT molecular complexity index is 1380. The zero-order valence-electron chi connectivity index (χ0n) is 15.3. The molecule has 0 saturated carbocycles. The van der Waals surface area contributed by atoms with Gasteiger partial charge in [-0.2, -0.15) is 0 Å². The number of fused-ring (bicyclic) bond motifs is 2. The minimum atomic E-state index is -0.527. The monoisotopic (exact) mass is 408 g/mol. The van der Waals surface area contributed by atoms with Gasteiger partial charge in [0.05, 0.1) is 27.9 Å². The van der Waals surface area contributed by atoms with Gasteiger partial charge in [-0.25, -0.2) is 0 Å². The van der Waals surface area contributed by atoms with E-state index in [2.05, 4.69) is 20.8 Å². The fraction of sp³-hybridized carbons (Fsp3) is 0.100. The maximum Gasteiger partial charge on any atom is 0.272 e. The predicted molar refractivity (Wildman–Crippen MR) is 113 cm³/mol. The maximum atomic E-state index is 12.5. The second-order valence-corrected chi connectivity index (χ2v) is 7.47. The molecule has 0 spiro atoms. The van der Waals surface area contributed by atoms with Gasteiger partial charge in [0, 0.05) is 4.70 Å². The van der Waals surface area contributed by atoms with Crippen molar-refractivity contribution in [2.75, 3.05) is 11.9 Å². The van der Waals surface area contributed by atoms with Crippen LogP contribution in [0.25, 0.3) is 20.9 Å². The average molecular weight is 408 g/mol. The van der Waals surface area contributed by atoms with Gasteiger partial charge in [0.15, 0.2) is 0 Å². The van der Waals surface area contributed by atoms with E-state index in [-0.39, 0.29) is 28.9 Å². The number of thiophene rings is 1. The fourth-order valence-electron chi connectivity index (χ4n) is 3.16. The van der Waals surface area contributed by atoms with Crippen LogP contribution in [-0.4, -0.2) is 28.6 Å². The third-order valence-corrected chi connectivity index (χ3v) is 5.83. The van der Waals surface area contributed by atoms with Gasteiger partial charge in [-0.3, -0.25) is 29.4 Å². The molecule has 0 unspecified atom stereocenters. The smallest absolute Gasteiger partial charge is 0.272 e. The minimum absolute atomic E-state index is 0.0799. The highest BCUT2D eigenvalue weighted by Gasteiger charge is 2.16. The van der Waals surface area contributed by atoms with Crippen molar-refractivity contribution < 1.29 is 9.59 Å². The number of carbonyl (C=O) groups is 2. The van der Waals surface area contributed by atoms with Crippen molar-refractivity contribution in [3.63, 3.8) is 0 Å². The Hall–Kier alpha value is -3.72. The molecule has 0 fully saturated rings. The van der Waals surface area contributed by atoms with Crippen molar-refractivity contribution in [1.29, 1.82) is 0 Å². The van der Waals surface area contributed by atoms with Crippen LogP contribution < -0.4 is 21.8 Å². The topological polar surface area (TPSA) is 124 Å². The first-order valence-corrected chi connectivity index (χ1v) is 9.57. The van der Waals surface area contributed by atoms with Crippen LogP contribution in [0.5, 0.6) is 0 Å². The summed E-state index contributed by atoms with van der Waals surface area (Å²) in [7, 11) is 0. The molecule has 0 radical (unpaired) electrons. The minimum Gasteiger partial charge on any atom is -0.342 e. The van der Waals surface area contributed by atoms with Crippen LogP contribution in [0.1, 0.15) is 15.2 Å². The highest BCUT2D eigenvalue weighted by Crippen LogP contribution is 2.30. The first kappa shape index (κ1) is 18.6. The number of anilines is 1. The molecule has 146 valence electrons. The molecule has 0 aliphatic carbocycles. The second kappa shape index (κ2) is 7.36. The van der Waals surface area contributed by atoms with Crippen molar-refractivity contribution in [2.24, 2.45) is 0 Å². The molecule has 4 aromatic rings. The molecule has 2 heterocycles. The summed E-state index contributed by atoms with van der Waals surface area (Å²) >= 11 is 1.37. The fourth-order valence-corrected chi connectivity index (χ4v) is 4.29. The number of aromatic nitrogens is 2. The van der Waals surface area contributed by atoms with Crippen molar-refractivity contribution in [1.82, 2.24) is 15.5 Å². The maximum absolute atomic E-state index is 12.5. The molecular weight excluding hydrogens is 392 g/mol. The predicted octanol–water partition coefficient (Wildman–Crippen LogP) is 2.11. The van der Waals surface area contributed by atoms with E-state index in [4.69, 9.17) is 0 Å². The van der Waals surface area contributed by atoms with Crippen LogP contribution in [0, 0.1) is 6.92 Å². The van der Waals surface area contributed by atoms with E-state index in [0.29, 0.717) is 4.88 Å². The Labute approximate surface area is 167 Å². The number of hydrogen-bond donors (Lipinski definition) is 4. The summed E-state index contributed by atoms with van der Waals surface area (Å²) in [6.07, 6.45) is 0. The number of aryl methyl sites for hydroxylation is 1. The highest BCUT2D eigenvalue weighted by molar-refractivity contribution is 7.21. The summed E-state index contributed by atoms with van der Waals surface area (Å²) in [5.74, 6) is -0.852. The summed E-state index contributed by atoms with van der Waals surface area (Å²) in [4.78, 5) is 49.3. The molecule has 2 amide bonds. The van der Waals surface area contributed by atoms with Crippen molar-refractivity contribution in [2.45, 2.75) is 6.92 Å². The molecule has 8 nitrogen and oxygen atoms in total. The zero-order chi connectivity index (χ0) is 20.5. The summed E-state index contributed by atoms with van der Waals surface area (Å²) in [5.41, 5.74) is 0.0696. The van der Waals surface area contributed by atoms with E-state index in [1.54, 1.807) is 6.07 Å². The lowest BCUT2D eigenvalue weighted by molar-refractivity contribution is -0.115.